The first-order chi connectivity index (χ1) is 8.92. The number of nitrogens with two attached hydrogens (primary N) is 1. The topological polar surface area (TPSA) is 122 Å². The Labute approximate surface area is 113 Å². The summed E-state index contributed by atoms with van der Waals surface area (Å²) in [4.78, 5) is 11.9. The Balaban J connectivity index is 2.58. The Bertz CT molecular complexity index is 447. The van der Waals surface area contributed by atoms with Crippen LogP contribution in [0.2, 0.25) is 0 Å². The van der Waals surface area contributed by atoms with Gasteiger partial charge in [0.2, 0.25) is 5.91 Å². The first-order valence-corrected chi connectivity index (χ1v) is 8.10. The van der Waals surface area contributed by atoms with Crippen LogP contribution in [-0.2, 0) is 14.6 Å². The molecule has 1 amide bonds. The molecule has 0 saturated carbocycles. The second-order valence-electron chi connectivity index (χ2n) is 4.74. The van der Waals surface area contributed by atoms with E-state index in [4.69, 9.17) is 10.9 Å². The van der Waals surface area contributed by atoms with Gasteiger partial charge in [0.05, 0.1) is 16.9 Å². The number of nitrogens with one attached hydrogen (secondary N) is 1. The summed E-state index contributed by atoms with van der Waals surface area (Å²) in [6.45, 7) is 1.98. The molecule has 0 spiro atoms. The van der Waals surface area contributed by atoms with Gasteiger partial charge in [-0.2, -0.15) is 0 Å². The Morgan fingerprint density at radius 2 is 2.26 bits per heavy atom. The number of carbonyl (C=O) groups is 1. The summed E-state index contributed by atoms with van der Waals surface area (Å²) < 4.78 is 23.2. The van der Waals surface area contributed by atoms with Crippen molar-refractivity contribution < 1.29 is 18.4 Å². The summed E-state index contributed by atoms with van der Waals surface area (Å²) in [6, 6.07) is 0. The molecule has 8 heteroatoms. The van der Waals surface area contributed by atoms with E-state index in [1.165, 1.54) is 0 Å². The van der Waals surface area contributed by atoms with Gasteiger partial charge in [-0.3, -0.25) is 4.79 Å². The fraction of sp³-hybridized carbons (Fsp3) is 0.818. The fourth-order valence-electron chi connectivity index (χ4n) is 2.20. The van der Waals surface area contributed by atoms with Crippen molar-refractivity contribution in [1.29, 1.82) is 0 Å². The van der Waals surface area contributed by atoms with Crippen molar-refractivity contribution in [3.63, 3.8) is 0 Å². The van der Waals surface area contributed by atoms with Crippen LogP contribution in [-0.4, -0.2) is 42.9 Å². The zero-order valence-corrected chi connectivity index (χ0v) is 11.8. The van der Waals surface area contributed by atoms with Crippen LogP contribution in [0.4, 0.5) is 0 Å². The van der Waals surface area contributed by atoms with E-state index in [1.54, 1.807) is 0 Å². The van der Waals surface area contributed by atoms with Gasteiger partial charge >= 0.3 is 0 Å². The maximum absolute atomic E-state index is 11.9. The molecule has 0 aromatic heterocycles. The van der Waals surface area contributed by atoms with Crippen molar-refractivity contribution in [1.82, 2.24) is 5.32 Å². The first-order valence-electron chi connectivity index (χ1n) is 6.39. The highest BCUT2D eigenvalue weighted by Crippen LogP contribution is 2.19. The minimum Gasteiger partial charge on any atom is -0.409 e. The number of oxime groups is 1. The van der Waals surface area contributed by atoms with Crippen LogP contribution >= 0.6 is 0 Å². The molecule has 19 heavy (non-hydrogen) atoms. The number of carbonyl (C=O) groups excluding carboxylic acids is 1. The summed E-state index contributed by atoms with van der Waals surface area (Å²) in [5.41, 5.74) is 5.46. The molecule has 1 heterocycles. The van der Waals surface area contributed by atoms with Crippen molar-refractivity contribution in [3.8, 4) is 0 Å². The second-order valence-corrected chi connectivity index (χ2v) is 7.14. The average Bonchev–Trinajstić information content (AvgIpc) is 2.71. The third-order valence-electron chi connectivity index (χ3n) is 3.33. The highest BCUT2D eigenvalue weighted by Gasteiger charge is 2.32. The molecular weight excluding hydrogens is 270 g/mol. The summed E-state index contributed by atoms with van der Waals surface area (Å²) in [7, 11) is -3.07. The lowest BCUT2D eigenvalue weighted by atomic mass is 10.0. The molecule has 1 saturated heterocycles. The van der Waals surface area contributed by atoms with E-state index in [-0.39, 0.29) is 24.0 Å². The van der Waals surface area contributed by atoms with Gasteiger partial charge in [0.15, 0.2) is 15.7 Å². The zero-order chi connectivity index (χ0) is 14.5. The molecule has 110 valence electrons. The van der Waals surface area contributed by atoms with E-state index < -0.39 is 21.0 Å². The van der Waals surface area contributed by atoms with Crippen molar-refractivity contribution in [2.45, 2.75) is 37.9 Å². The molecule has 2 atom stereocenters. The van der Waals surface area contributed by atoms with Gasteiger partial charge in [0.1, 0.15) is 0 Å². The van der Waals surface area contributed by atoms with Gasteiger partial charge in [-0.05, 0) is 19.3 Å². The van der Waals surface area contributed by atoms with E-state index in [9.17, 15) is 13.2 Å². The maximum Gasteiger partial charge on any atom is 0.230 e. The standard InChI is InChI=1S/C11H21N3O4S/c1-2-4-9(10(12)14-16)11(15)13-7-8-5-3-6-19(8,17)18/h8-9,16H,2-7H2,1H3,(H2,12,14)(H,13,15). The highest BCUT2D eigenvalue weighted by atomic mass is 32.2. The molecule has 1 aliphatic rings. The second kappa shape index (κ2) is 6.74. The van der Waals surface area contributed by atoms with Gasteiger partial charge in [-0.1, -0.05) is 18.5 Å². The Hall–Kier alpha value is -1.31. The van der Waals surface area contributed by atoms with E-state index >= 15 is 0 Å². The first kappa shape index (κ1) is 15.7. The molecular formula is C11H21N3O4S. The lowest BCUT2D eigenvalue weighted by Gasteiger charge is -2.16. The van der Waals surface area contributed by atoms with Crippen molar-refractivity contribution >= 4 is 21.6 Å². The van der Waals surface area contributed by atoms with Crippen molar-refractivity contribution in [3.05, 3.63) is 0 Å². The third-order valence-corrected chi connectivity index (χ3v) is 5.61. The maximum atomic E-state index is 11.9. The van der Waals surface area contributed by atoms with Gasteiger partial charge in [-0.15, -0.1) is 0 Å². The smallest absolute Gasteiger partial charge is 0.230 e. The van der Waals surface area contributed by atoms with Crippen LogP contribution in [0.5, 0.6) is 0 Å². The number of hydrogen-bond donors (Lipinski definition) is 3. The highest BCUT2D eigenvalue weighted by molar-refractivity contribution is 7.92. The molecule has 7 nitrogen and oxygen atoms in total. The number of amides is 1. The minimum atomic E-state index is -3.07. The largest absolute Gasteiger partial charge is 0.409 e. The Kier molecular flexibility index (Phi) is 5.59. The normalized spacial score (nSPS) is 24.1. The average molecular weight is 291 g/mol. The lowest BCUT2D eigenvalue weighted by Crippen LogP contribution is -2.42. The van der Waals surface area contributed by atoms with Crippen LogP contribution in [0.25, 0.3) is 0 Å². The fourth-order valence-corrected chi connectivity index (χ4v) is 3.96. The summed E-state index contributed by atoms with van der Waals surface area (Å²) in [5, 5.41) is 13.6. The van der Waals surface area contributed by atoms with Crippen LogP contribution < -0.4 is 11.1 Å². The molecule has 0 radical (unpaired) electrons. The number of nitrogens with zero attached hydrogens (tertiary/aromatic N) is 1. The minimum absolute atomic E-state index is 0.0973. The predicted molar refractivity (Wildman–Crippen MR) is 71.6 cm³/mol. The SMILES string of the molecule is CCCC(C(=O)NCC1CCCS1(=O)=O)C(N)=NO. The summed E-state index contributed by atoms with van der Waals surface area (Å²) >= 11 is 0. The van der Waals surface area contributed by atoms with Crippen molar-refractivity contribution in [2.75, 3.05) is 12.3 Å². The monoisotopic (exact) mass is 291 g/mol. The molecule has 0 bridgehead atoms. The Morgan fingerprint density at radius 3 is 2.74 bits per heavy atom. The summed E-state index contributed by atoms with van der Waals surface area (Å²) in [6.07, 6.45) is 2.38. The molecule has 1 aliphatic heterocycles. The molecule has 0 aromatic rings. The number of sulfone groups is 1. The number of hydrogen-bond acceptors (Lipinski definition) is 5. The quantitative estimate of drug-likeness (QED) is 0.272. The van der Waals surface area contributed by atoms with Crippen LogP contribution in [0.3, 0.4) is 0 Å². The van der Waals surface area contributed by atoms with E-state index in [2.05, 4.69) is 10.5 Å². The molecule has 1 fully saturated rings. The predicted octanol–water partition coefficient (Wildman–Crippen LogP) is -0.157. The number of rotatable bonds is 6. The number of amidine groups is 1. The van der Waals surface area contributed by atoms with Crippen LogP contribution in [0.1, 0.15) is 32.6 Å². The van der Waals surface area contributed by atoms with Gasteiger partial charge in [0, 0.05) is 6.54 Å². The zero-order valence-electron chi connectivity index (χ0n) is 11.0. The van der Waals surface area contributed by atoms with Crippen LogP contribution in [0.15, 0.2) is 5.16 Å². The third kappa shape index (κ3) is 4.09. The van der Waals surface area contributed by atoms with Gasteiger partial charge in [0.25, 0.3) is 0 Å². The Morgan fingerprint density at radius 1 is 1.58 bits per heavy atom. The molecule has 2 unspecified atom stereocenters. The van der Waals surface area contributed by atoms with Crippen molar-refractivity contribution in [2.24, 2.45) is 16.8 Å². The van der Waals surface area contributed by atoms with Gasteiger partial charge < -0.3 is 16.3 Å². The van der Waals surface area contributed by atoms with E-state index in [1.807, 2.05) is 6.92 Å². The molecule has 1 rings (SSSR count). The molecule has 0 aliphatic carbocycles. The van der Waals surface area contributed by atoms with Gasteiger partial charge in [-0.25, -0.2) is 8.42 Å². The van der Waals surface area contributed by atoms with Crippen LogP contribution in [0, 0.1) is 5.92 Å². The van der Waals surface area contributed by atoms with E-state index in [0.717, 1.165) is 0 Å². The molecule has 4 N–H and O–H groups in total. The lowest BCUT2D eigenvalue weighted by molar-refractivity contribution is -0.123. The molecule has 0 aromatic carbocycles. The summed E-state index contributed by atoms with van der Waals surface area (Å²) in [5.74, 6) is -1.06. The van der Waals surface area contributed by atoms with E-state index in [0.29, 0.717) is 25.7 Å².